The summed E-state index contributed by atoms with van der Waals surface area (Å²) in [5, 5.41) is 2.89. The third-order valence-electron chi connectivity index (χ3n) is 1.74. The average molecular weight is 161 g/mol. The number of halogens is 1. The Hall–Kier alpha value is -0.640. The number of carbonyl (C=O) groups excluding carboxylic acids is 1. The van der Waals surface area contributed by atoms with Gasteiger partial charge in [0.05, 0.1) is 6.61 Å². The summed E-state index contributed by atoms with van der Waals surface area (Å²) in [6.45, 7) is 3.09. The van der Waals surface area contributed by atoms with Gasteiger partial charge in [-0.2, -0.15) is 0 Å². The molecule has 1 aliphatic heterocycles. The van der Waals surface area contributed by atoms with E-state index in [-0.39, 0.29) is 12.5 Å². The molecule has 0 aromatic heterocycles. The molecule has 1 fully saturated rings. The number of nitrogens with one attached hydrogen (secondary N) is 1. The predicted molar refractivity (Wildman–Crippen MR) is 37.9 cm³/mol. The lowest BCUT2D eigenvalue weighted by molar-refractivity contribution is -0.152. The summed E-state index contributed by atoms with van der Waals surface area (Å²) in [4.78, 5) is 10.8. The second-order valence-corrected chi connectivity index (χ2v) is 2.57. The molecule has 1 aliphatic rings. The lowest BCUT2D eigenvalue weighted by atomic mass is 9.98. The van der Waals surface area contributed by atoms with E-state index in [2.05, 4.69) is 10.1 Å². The molecular weight excluding hydrogens is 149 g/mol. The Labute approximate surface area is 64.9 Å². The number of alkyl halides is 1. The number of ether oxygens (including phenoxy) is 1. The minimum atomic E-state index is -1.43. The minimum Gasteiger partial charge on any atom is -0.464 e. The van der Waals surface area contributed by atoms with Crippen molar-refractivity contribution >= 4 is 5.97 Å². The molecule has 1 N–H and O–H groups in total. The quantitative estimate of drug-likeness (QED) is 0.597. The minimum absolute atomic E-state index is 0.172. The van der Waals surface area contributed by atoms with Gasteiger partial charge in [-0.25, -0.2) is 9.18 Å². The highest BCUT2D eigenvalue weighted by atomic mass is 19.1. The van der Waals surface area contributed by atoms with Crippen LogP contribution in [-0.4, -0.2) is 31.8 Å². The Morgan fingerprint density at radius 2 is 2.45 bits per heavy atom. The van der Waals surface area contributed by atoms with Gasteiger partial charge >= 0.3 is 5.97 Å². The molecule has 0 saturated carbocycles. The SMILES string of the molecule is CCOC(=O)[C@H](F)C1CNC1. The Morgan fingerprint density at radius 3 is 2.82 bits per heavy atom. The van der Waals surface area contributed by atoms with Crippen LogP contribution < -0.4 is 5.32 Å². The highest BCUT2D eigenvalue weighted by molar-refractivity contribution is 5.75. The summed E-state index contributed by atoms with van der Waals surface area (Å²) in [5.74, 6) is -0.895. The molecule has 0 aromatic rings. The van der Waals surface area contributed by atoms with E-state index < -0.39 is 12.1 Å². The van der Waals surface area contributed by atoms with Crippen LogP contribution in [0.15, 0.2) is 0 Å². The number of rotatable bonds is 3. The number of hydrogen-bond acceptors (Lipinski definition) is 3. The second-order valence-electron chi connectivity index (χ2n) is 2.57. The lowest BCUT2D eigenvalue weighted by Gasteiger charge is -2.28. The molecule has 0 aliphatic carbocycles. The Balaban J connectivity index is 2.27. The molecule has 1 heterocycles. The summed E-state index contributed by atoms with van der Waals surface area (Å²) in [5.41, 5.74) is 0. The molecule has 1 saturated heterocycles. The Kier molecular flexibility index (Phi) is 2.82. The first-order valence-electron chi connectivity index (χ1n) is 3.77. The van der Waals surface area contributed by atoms with Gasteiger partial charge in [-0.05, 0) is 6.92 Å². The highest BCUT2D eigenvalue weighted by Gasteiger charge is 2.33. The molecule has 64 valence electrons. The number of esters is 1. The molecule has 1 rings (SSSR count). The average Bonchev–Trinajstić information content (AvgIpc) is 1.84. The van der Waals surface area contributed by atoms with Crippen LogP contribution in [0.3, 0.4) is 0 Å². The van der Waals surface area contributed by atoms with Gasteiger partial charge in [0.25, 0.3) is 0 Å². The van der Waals surface area contributed by atoms with Gasteiger partial charge in [0.2, 0.25) is 6.17 Å². The van der Waals surface area contributed by atoms with Crippen LogP contribution in [0, 0.1) is 5.92 Å². The van der Waals surface area contributed by atoms with Crippen molar-refractivity contribution in [3.63, 3.8) is 0 Å². The van der Waals surface area contributed by atoms with E-state index in [0.717, 1.165) is 0 Å². The van der Waals surface area contributed by atoms with Crippen molar-refractivity contribution in [2.75, 3.05) is 19.7 Å². The Bertz CT molecular complexity index is 147. The molecular formula is C7H12FNO2. The zero-order valence-electron chi connectivity index (χ0n) is 6.47. The van der Waals surface area contributed by atoms with Crippen molar-refractivity contribution in [3.8, 4) is 0 Å². The smallest absolute Gasteiger partial charge is 0.341 e. The topological polar surface area (TPSA) is 38.3 Å². The van der Waals surface area contributed by atoms with Gasteiger partial charge in [0.15, 0.2) is 0 Å². The van der Waals surface area contributed by atoms with Crippen molar-refractivity contribution in [3.05, 3.63) is 0 Å². The van der Waals surface area contributed by atoms with Crippen LogP contribution >= 0.6 is 0 Å². The van der Waals surface area contributed by atoms with Crippen LogP contribution in [0.2, 0.25) is 0 Å². The van der Waals surface area contributed by atoms with E-state index in [1.54, 1.807) is 6.92 Å². The van der Waals surface area contributed by atoms with Gasteiger partial charge in [0.1, 0.15) is 0 Å². The summed E-state index contributed by atoms with van der Waals surface area (Å²) in [6.07, 6.45) is -1.43. The van der Waals surface area contributed by atoms with Crippen molar-refractivity contribution in [1.82, 2.24) is 5.32 Å². The molecule has 11 heavy (non-hydrogen) atoms. The van der Waals surface area contributed by atoms with Crippen molar-refractivity contribution < 1.29 is 13.9 Å². The largest absolute Gasteiger partial charge is 0.464 e. The van der Waals surface area contributed by atoms with Crippen LogP contribution in [-0.2, 0) is 9.53 Å². The fourth-order valence-electron chi connectivity index (χ4n) is 0.932. The zero-order chi connectivity index (χ0) is 8.27. The van der Waals surface area contributed by atoms with Crippen LogP contribution in [0.25, 0.3) is 0 Å². The third kappa shape index (κ3) is 1.89. The van der Waals surface area contributed by atoms with Crippen LogP contribution in [0.4, 0.5) is 4.39 Å². The van der Waals surface area contributed by atoms with Crippen molar-refractivity contribution in [1.29, 1.82) is 0 Å². The molecule has 3 nitrogen and oxygen atoms in total. The summed E-state index contributed by atoms with van der Waals surface area (Å²) in [6, 6.07) is 0. The Morgan fingerprint density at radius 1 is 1.82 bits per heavy atom. The first kappa shape index (κ1) is 8.46. The van der Waals surface area contributed by atoms with Crippen LogP contribution in [0.5, 0.6) is 0 Å². The predicted octanol–water partition coefficient (Wildman–Crippen LogP) is 0.107. The summed E-state index contributed by atoms with van der Waals surface area (Å²) >= 11 is 0. The molecule has 0 aromatic carbocycles. The molecule has 1 atom stereocenters. The van der Waals surface area contributed by atoms with Gasteiger partial charge < -0.3 is 10.1 Å². The third-order valence-corrected chi connectivity index (χ3v) is 1.74. The van der Waals surface area contributed by atoms with Gasteiger partial charge in [-0.15, -0.1) is 0 Å². The normalized spacial score (nSPS) is 20.5. The number of hydrogen-bond donors (Lipinski definition) is 1. The molecule has 0 amide bonds. The summed E-state index contributed by atoms with van der Waals surface area (Å²) in [7, 11) is 0. The van der Waals surface area contributed by atoms with E-state index in [1.165, 1.54) is 0 Å². The standard InChI is InChI=1S/C7H12FNO2/c1-2-11-7(10)6(8)5-3-9-4-5/h5-6,9H,2-4H2,1H3/t6-/m1/s1. The van der Waals surface area contributed by atoms with E-state index in [9.17, 15) is 9.18 Å². The summed E-state index contributed by atoms with van der Waals surface area (Å²) < 4.78 is 17.4. The second kappa shape index (κ2) is 3.67. The van der Waals surface area contributed by atoms with Crippen LogP contribution in [0.1, 0.15) is 6.92 Å². The monoisotopic (exact) mass is 161 g/mol. The lowest BCUT2D eigenvalue weighted by Crippen LogP contribution is -2.49. The van der Waals surface area contributed by atoms with E-state index in [1.807, 2.05) is 0 Å². The van der Waals surface area contributed by atoms with E-state index >= 15 is 0 Å². The fraction of sp³-hybridized carbons (Fsp3) is 0.857. The van der Waals surface area contributed by atoms with Crippen molar-refractivity contribution in [2.24, 2.45) is 5.92 Å². The maximum Gasteiger partial charge on any atom is 0.341 e. The highest BCUT2D eigenvalue weighted by Crippen LogP contribution is 2.13. The molecule has 4 heteroatoms. The first-order chi connectivity index (χ1) is 5.25. The maximum absolute atomic E-state index is 12.9. The van der Waals surface area contributed by atoms with Gasteiger partial charge in [0, 0.05) is 19.0 Å². The zero-order valence-corrected chi connectivity index (χ0v) is 6.47. The molecule has 0 spiro atoms. The molecule has 0 bridgehead atoms. The van der Waals surface area contributed by atoms with Crippen molar-refractivity contribution in [2.45, 2.75) is 13.1 Å². The van der Waals surface area contributed by atoms with Gasteiger partial charge in [-0.3, -0.25) is 0 Å². The maximum atomic E-state index is 12.9. The fourth-order valence-corrected chi connectivity index (χ4v) is 0.932. The first-order valence-corrected chi connectivity index (χ1v) is 3.77. The number of carbonyl (C=O) groups is 1. The van der Waals surface area contributed by atoms with E-state index in [0.29, 0.717) is 13.1 Å². The van der Waals surface area contributed by atoms with Gasteiger partial charge in [-0.1, -0.05) is 0 Å². The molecule has 0 unspecified atom stereocenters. The van der Waals surface area contributed by atoms with E-state index in [4.69, 9.17) is 0 Å². The molecule has 0 radical (unpaired) electrons.